The van der Waals surface area contributed by atoms with Crippen LogP contribution >= 0.6 is 56.8 Å². The maximum atomic E-state index is 11.0. The van der Waals surface area contributed by atoms with Crippen LogP contribution in [0.1, 0.15) is 5.56 Å². The molecule has 14 heavy (non-hydrogen) atoms. The van der Waals surface area contributed by atoms with Crippen molar-refractivity contribution in [2.24, 2.45) is 0 Å². The summed E-state index contributed by atoms with van der Waals surface area (Å²) in [6.45, 7) is 0. The van der Waals surface area contributed by atoms with Crippen molar-refractivity contribution in [3.05, 3.63) is 34.9 Å². The molecule has 1 aromatic rings. The average molecular weight is 456 g/mol. The summed E-state index contributed by atoms with van der Waals surface area (Å²) in [5.74, 6) is 0. The maximum absolute atomic E-state index is 11.0. The van der Waals surface area contributed by atoms with Gasteiger partial charge in [0.2, 0.25) is 0 Å². The number of alkyl halides is 2. The third-order valence-corrected chi connectivity index (χ3v) is 5.51. The Morgan fingerprint density at radius 1 is 1.36 bits per heavy atom. The van der Waals surface area contributed by atoms with E-state index < -0.39 is 11.8 Å². The Morgan fingerprint density at radius 2 is 1.86 bits per heavy atom. The standard InChI is InChI=1S/C8H7ClI2O2S/c9-7-3-1-6(2-4-7)5-8(10,11)14(12)13/h1-4H,5H2,(H,12,13). The summed E-state index contributed by atoms with van der Waals surface area (Å²) in [5.41, 5.74) is 1.00. The Kier molecular flexibility index (Phi) is 5.09. The van der Waals surface area contributed by atoms with Gasteiger partial charge >= 0.3 is 0 Å². The molecule has 2 nitrogen and oxygen atoms in total. The van der Waals surface area contributed by atoms with Crippen molar-refractivity contribution in [2.75, 3.05) is 0 Å². The second-order valence-electron chi connectivity index (χ2n) is 2.69. The lowest BCUT2D eigenvalue weighted by Gasteiger charge is -2.15. The number of hydrogen-bond donors (Lipinski definition) is 1. The quantitative estimate of drug-likeness (QED) is 0.429. The molecule has 0 aliphatic rings. The lowest BCUT2D eigenvalue weighted by Crippen LogP contribution is -2.20. The van der Waals surface area contributed by atoms with E-state index in [1.54, 1.807) is 12.1 Å². The molecule has 0 bridgehead atoms. The zero-order valence-electron chi connectivity index (χ0n) is 6.91. The van der Waals surface area contributed by atoms with Crippen LogP contribution in [0.5, 0.6) is 0 Å². The van der Waals surface area contributed by atoms with Gasteiger partial charge in [-0.2, -0.15) is 0 Å². The van der Waals surface area contributed by atoms with Crippen molar-refractivity contribution in [3.63, 3.8) is 0 Å². The van der Waals surface area contributed by atoms with Gasteiger partial charge in [0, 0.05) is 11.4 Å². The predicted molar refractivity (Wildman–Crippen MR) is 76.7 cm³/mol. The summed E-state index contributed by atoms with van der Waals surface area (Å²) in [7, 11) is 0. The molecule has 1 N–H and O–H groups in total. The maximum Gasteiger partial charge on any atom is 0.179 e. The Bertz CT molecular complexity index is 340. The van der Waals surface area contributed by atoms with E-state index >= 15 is 0 Å². The first-order valence-electron chi connectivity index (χ1n) is 3.65. The van der Waals surface area contributed by atoms with Gasteiger partial charge in [0.15, 0.2) is 11.8 Å². The molecule has 0 fully saturated rings. The zero-order valence-corrected chi connectivity index (χ0v) is 12.8. The molecule has 0 aromatic heterocycles. The predicted octanol–water partition coefficient (Wildman–Crippen LogP) is 3.63. The molecule has 0 aliphatic carbocycles. The van der Waals surface area contributed by atoms with E-state index in [1.807, 2.05) is 57.3 Å². The first-order valence-corrected chi connectivity index (χ1v) is 7.29. The number of rotatable bonds is 3. The lowest BCUT2D eigenvalue weighted by molar-refractivity contribution is 0.560. The van der Waals surface area contributed by atoms with Crippen LogP contribution in [-0.2, 0) is 17.5 Å². The summed E-state index contributed by atoms with van der Waals surface area (Å²) in [4.78, 5) is 0. The minimum Gasteiger partial charge on any atom is -0.304 e. The molecule has 0 saturated carbocycles. The Labute approximate surface area is 117 Å². The molecule has 1 unspecified atom stereocenters. The monoisotopic (exact) mass is 456 g/mol. The Morgan fingerprint density at radius 3 is 2.29 bits per heavy atom. The van der Waals surface area contributed by atoms with Gasteiger partial charge in [0.1, 0.15) is 0 Å². The first kappa shape index (κ1) is 13.1. The van der Waals surface area contributed by atoms with E-state index in [9.17, 15) is 4.21 Å². The highest BCUT2D eigenvalue weighted by Gasteiger charge is 2.29. The zero-order chi connectivity index (χ0) is 10.8. The minimum absolute atomic E-state index is 0.536. The molecule has 1 rings (SSSR count). The number of benzene rings is 1. The van der Waals surface area contributed by atoms with Gasteiger partial charge in [-0.05, 0) is 62.9 Å². The van der Waals surface area contributed by atoms with E-state index in [2.05, 4.69) is 0 Å². The summed E-state index contributed by atoms with van der Waals surface area (Å²) in [6.07, 6.45) is 0.536. The van der Waals surface area contributed by atoms with Crippen LogP contribution in [0.3, 0.4) is 0 Å². The average Bonchev–Trinajstić information content (AvgIpc) is 2.08. The van der Waals surface area contributed by atoms with Crippen molar-refractivity contribution >= 4 is 67.9 Å². The fraction of sp³-hybridized carbons (Fsp3) is 0.250. The molecule has 1 atom stereocenters. The van der Waals surface area contributed by atoms with Gasteiger partial charge in [-0.15, -0.1) is 0 Å². The van der Waals surface area contributed by atoms with Crippen LogP contribution in [0.25, 0.3) is 0 Å². The second kappa shape index (κ2) is 5.42. The van der Waals surface area contributed by atoms with Crippen molar-refractivity contribution in [3.8, 4) is 0 Å². The molecule has 0 heterocycles. The number of halogens is 3. The van der Waals surface area contributed by atoms with Gasteiger partial charge in [-0.25, -0.2) is 4.21 Å². The molecule has 0 amide bonds. The highest BCUT2D eigenvalue weighted by molar-refractivity contribution is 14.2. The van der Waals surface area contributed by atoms with Gasteiger partial charge in [-0.3, -0.25) is 0 Å². The van der Waals surface area contributed by atoms with Crippen molar-refractivity contribution in [1.82, 2.24) is 0 Å². The lowest BCUT2D eigenvalue weighted by atomic mass is 10.2. The molecule has 1 aromatic carbocycles. The molecule has 0 radical (unpaired) electrons. The van der Waals surface area contributed by atoms with Gasteiger partial charge in [0.25, 0.3) is 0 Å². The number of hydrogen-bond acceptors (Lipinski definition) is 1. The molecular formula is C8H7ClI2O2S. The minimum atomic E-state index is -1.84. The highest BCUT2D eigenvalue weighted by Crippen LogP contribution is 2.34. The smallest absolute Gasteiger partial charge is 0.179 e. The molecule has 78 valence electrons. The van der Waals surface area contributed by atoms with Crippen LogP contribution in [0.15, 0.2) is 24.3 Å². The Balaban J connectivity index is 2.79. The fourth-order valence-electron chi connectivity index (χ4n) is 0.902. The van der Waals surface area contributed by atoms with Crippen LogP contribution in [0.4, 0.5) is 0 Å². The first-order chi connectivity index (χ1) is 6.42. The van der Waals surface area contributed by atoms with Crippen LogP contribution < -0.4 is 0 Å². The van der Waals surface area contributed by atoms with E-state index in [4.69, 9.17) is 16.2 Å². The largest absolute Gasteiger partial charge is 0.304 e. The molecule has 6 heteroatoms. The fourth-order valence-corrected chi connectivity index (χ4v) is 2.20. The van der Waals surface area contributed by atoms with E-state index in [0.717, 1.165) is 5.56 Å². The van der Waals surface area contributed by atoms with E-state index in [1.165, 1.54) is 0 Å². The third kappa shape index (κ3) is 3.92. The van der Waals surface area contributed by atoms with Crippen LogP contribution in [0.2, 0.25) is 5.02 Å². The van der Waals surface area contributed by atoms with Crippen molar-refractivity contribution < 1.29 is 8.76 Å². The van der Waals surface area contributed by atoms with Crippen molar-refractivity contribution in [2.45, 2.75) is 7.18 Å². The van der Waals surface area contributed by atoms with Gasteiger partial charge in [-0.1, -0.05) is 23.7 Å². The molecule has 0 aliphatic heterocycles. The molecule has 0 saturated heterocycles. The summed E-state index contributed by atoms with van der Waals surface area (Å²) >= 11 is 7.85. The van der Waals surface area contributed by atoms with Gasteiger partial charge in [0.05, 0.1) is 0 Å². The SMILES string of the molecule is O=S(O)C(I)(I)Cc1ccc(Cl)cc1. The summed E-state index contributed by atoms with van der Waals surface area (Å²) in [6, 6.07) is 7.28. The second-order valence-corrected chi connectivity index (χ2v) is 11.5. The van der Waals surface area contributed by atoms with Crippen molar-refractivity contribution in [1.29, 1.82) is 0 Å². The van der Waals surface area contributed by atoms with E-state index in [-0.39, 0.29) is 0 Å². The highest BCUT2D eigenvalue weighted by atomic mass is 127. The van der Waals surface area contributed by atoms with Gasteiger partial charge < -0.3 is 4.55 Å². The van der Waals surface area contributed by atoms with E-state index in [0.29, 0.717) is 11.4 Å². The third-order valence-electron chi connectivity index (χ3n) is 1.58. The Hall–Kier alpha value is 1.08. The normalized spacial score (nSPS) is 14.0. The summed E-state index contributed by atoms with van der Waals surface area (Å²) < 4.78 is 19.3. The summed E-state index contributed by atoms with van der Waals surface area (Å²) in [5, 5.41) is 0.673. The topological polar surface area (TPSA) is 37.3 Å². The molecular weight excluding hydrogens is 449 g/mol. The van der Waals surface area contributed by atoms with Crippen LogP contribution in [-0.4, -0.2) is 9.52 Å². The molecule has 0 spiro atoms. The van der Waals surface area contributed by atoms with Crippen LogP contribution in [0, 0.1) is 0 Å².